The number of hydrogen-bond acceptors (Lipinski definition) is 9. The van der Waals surface area contributed by atoms with Gasteiger partial charge in [0.15, 0.2) is 5.82 Å². The first kappa shape index (κ1) is 32.5. The normalized spacial score (nSPS) is 17.6. The highest BCUT2D eigenvalue weighted by atomic mass is 32.2. The molecule has 2 aliphatic rings. The summed E-state index contributed by atoms with van der Waals surface area (Å²) in [5.41, 5.74) is 7.94. The zero-order valence-corrected chi connectivity index (χ0v) is 27.1. The van der Waals surface area contributed by atoms with Crippen molar-refractivity contribution in [1.82, 2.24) is 14.1 Å². The summed E-state index contributed by atoms with van der Waals surface area (Å²) in [6.45, 7) is 6.92. The molecule has 1 aromatic heterocycles. The molecule has 2 N–H and O–H groups in total. The summed E-state index contributed by atoms with van der Waals surface area (Å²) in [7, 11) is 1.65. The number of sulfonamides is 1. The summed E-state index contributed by atoms with van der Waals surface area (Å²) in [4.78, 5) is 43.8. The van der Waals surface area contributed by atoms with E-state index in [1.165, 1.54) is 19.0 Å². The molecule has 0 radical (unpaired) electrons. The second-order valence-corrected chi connectivity index (χ2v) is 13.9. The number of methoxy groups -OCH3 is 1. The maximum absolute atomic E-state index is 15.8. The molecule has 14 heteroatoms. The number of halogens is 1. The molecule has 0 spiro atoms. The fraction of sp³-hybridized carbons (Fsp3) is 0.452. The van der Waals surface area contributed by atoms with Gasteiger partial charge in [-0.2, -0.15) is 0 Å². The van der Waals surface area contributed by atoms with Crippen LogP contribution in [0.1, 0.15) is 43.0 Å². The monoisotopic (exact) mass is 643 g/mol. The highest BCUT2D eigenvalue weighted by Gasteiger charge is 2.35. The Hall–Kier alpha value is -3.85. The van der Waals surface area contributed by atoms with E-state index in [1.54, 1.807) is 7.11 Å². The maximum atomic E-state index is 15.8. The molecule has 1 saturated heterocycles. The number of likely N-dealkylation sites (N-methyl/N-ethyl adjacent to an activating group) is 1. The number of primary amides is 1. The van der Waals surface area contributed by atoms with Crippen LogP contribution in [0, 0.1) is 19.7 Å². The second-order valence-electron chi connectivity index (χ2n) is 11.9. The van der Waals surface area contributed by atoms with Crippen LogP contribution in [-0.4, -0.2) is 101 Å². The van der Waals surface area contributed by atoms with Crippen molar-refractivity contribution in [2.24, 2.45) is 5.73 Å². The molecule has 45 heavy (non-hydrogen) atoms. The average molecular weight is 644 g/mol. The molecule has 242 valence electrons. The zero-order valence-electron chi connectivity index (χ0n) is 26.3. The number of carbonyl (C=O) groups is 2. The first-order chi connectivity index (χ1) is 21.2. The third kappa shape index (κ3) is 5.60. The fourth-order valence-electron chi connectivity index (χ4n) is 6.31. The molecule has 1 fully saturated rings. The standard InChI is InChI=1S/C31H38FN5O7S/c1-17-13-24(36-12-11-35(5)19(14-36)16-43-6)18(2)27-25(17)20-9-10-37(15-23(20)31(40)44-27)30(39)21-7-8-22(29(33)38)28(26(21)32)45(41,42)34(3)4/h7-8,13,19H,9-12,14-16H2,1-6H3,(H2,33,38). The van der Waals surface area contributed by atoms with Crippen LogP contribution in [-0.2, 0) is 27.7 Å². The zero-order chi connectivity index (χ0) is 33.0. The van der Waals surface area contributed by atoms with E-state index in [-0.39, 0.29) is 24.7 Å². The predicted octanol–water partition coefficient (Wildman–Crippen LogP) is 1.86. The molecule has 1 unspecified atom stereocenters. The quantitative estimate of drug-likeness (QED) is 0.381. The summed E-state index contributed by atoms with van der Waals surface area (Å²) < 4.78 is 53.6. The summed E-state index contributed by atoms with van der Waals surface area (Å²) >= 11 is 0. The number of benzene rings is 2. The lowest BCUT2D eigenvalue weighted by Crippen LogP contribution is -2.53. The van der Waals surface area contributed by atoms with Crippen LogP contribution in [0.5, 0.6) is 0 Å². The smallest absolute Gasteiger partial charge is 0.341 e. The van der Waals surface area contributed by atoms with Gasteiger partial charge < -0.3 is 24.7 Å². The molecular weight excluding hydrogens is 605 g/mol. The number of anilines is 1. The highest BCUT2D eigenvalue weighted by molar-refractivity contribution is 7.89. The lowest BCUT2D eigenvalue weighted by atomic mass is 9.92. The van der Waals surface area contributed by atoms with E-state index in [0.717, 1.165) is 63.8 Å². The molecule has 12 nitrogen and oxygen atoms in total. The summed E-state index contributed by atoms with van der Waals surface area (Å²) in [6.07, 6.45) is 0.303. The number of aryl methyl sites for hydroxylation is 2. The minimum atomic E-state index is -4.47. The van der Waals surface area contributed by atoms with E-state index >= 15 is 4.39 Å². The van der Waals surface area contributed by atoms with Gasteiger partial charge in [0, 0.05) is 64.0 Å². The molecule has 2 aromatic carbocycles. The largest absolute Gasteiger partial charge is 0.422 e. The van der Waals surface area contributed by atoms with Crippen molar-refractivity contribution in [2.45, 2.75) is 37.8 Å². The lowest BCUT2D eigenvalue weighted by molar-refractivity contribution is 0.0726. The Balaban J connectivity index is 1.52. The molecule has 2 amide bonds. The lowest BCUT2D eigenvalue weighted by Gasteiger charge is -2.41. The number of amides is 2. The van der Waals surface area contributed by atoms with Gasteiger partial charge >= 0.3 is 5.63 Å². The van der Waals surface area contributed by atoms with Crippen LogP contribution in [0.3, 0.4) is 0 Å². The topological polar surface area (TPSA) is 147 Å². The third-order valence-corrected chi connectivity index (χ3v) is 10.8. The number of nitrogens with zero attached hydrogens (tertiary/aromatic N) is 4. The summed E-state index contributed by atoms with van der Waals surface area (Å²) in [6, 6.07) is 4.38. The van der Waals surface area contributed by atoms with Crippen molar-refractivity contribution >= 4 is 38.5 Å². The van der Waals surface area contributed by atoms with Crippen molar-refractivity contribution in [2.75, 3.05) is 65.9 Å². The maximum Gasteiger partial charge on any atom is 0.341 e. The molecule has 3 aromatic rings. The van der Waals surface area contributed by atoms with Crippen LogP contribution >= 0.6 is 0 Å². The first-order valence-corrected chi connectivity index (χ1v) is 16.0. The molecule has 3 heterocycles. The van der Waals surface area contributed by atoms with Crippen LogP contribution in [0.25, 0.3) is 11.0 Å². The number of hydrogen-bond donors (Lipinski definition) is 1. The average Bonchev–Trinajstić information content (AvgIpc) is 2.99. The van der Waals surface area contributed by atoms with E-state index in [9.17, 15) is 22.8 Å². The molecule has 5 rings (SSSR count). The molecule has 1 atom stereocenters. The Morgan fingerprint density at radius 2 is 1.82 bits per heavy atom. The minimum absolute atomic E-state index is 0.147. The third-order valence-electron chi connectivity index (χ3n) is 8.88. The Bertz CT molecular complexity index is 1870. The molecule has 0 bridgehead atoms. The van der Waals surface area contributed by atoms with Gasteiger partial charge in [0.25, 0.3) is 5.91 Å². The number of rotatable bonds is 7. The van der Waals surface area contributed by atoms with Gasteiger partial charge in [-0.15, -0.1) is 0 Å². The molecule has 0 saturated carbocycles. The Morgan fingerprint density at radius 1 is 1.13 bits per heavy atom. The van der Waals surface area contributed by atoms with E-state index in [4.69, 9.17) is 14.9 Å². The van der Waals surface area contributed by atoms with Gasteiger partial charge in [-0.05, 0) is 56.6 Å². The number of nitrogens with two attached hydrogens (primary N) is 1. The van der Waals surface area contributed by atoms with Crippen molar-refractivity contribution in [3.8, 4) is 0 Å². The van der Waals surface area contributed by atoms with Gasteiger partial charge in [0.2, 0.25) is 15.9 Å². The second kappa shape index (κ2) is 12.2. The Morgan fingerprint density at radius 3 is 2.47 bits per heavy atom. The Labute approximate surface area is 261 Å². The molecule has 0 aliphatic carbocycles. The summed E-state index contributed by atoms with van der Waals surface area (Å²) in [5, 5.41) is 0.817. The number of fused-ring (bicyclic) bond motifs is 3. The van der Waals surface area contributed by atoms with Crippen molar-refractivity contribution in [3.63, 3.8) is 0 Å². The number of carbonyl (C=O) groups excluding carboxylic acids is 2. The van der Waals surface area contributed by atoms with Crippen LogP contribution in [0.4, 0.5) is 10.1 Å². The molecule has 2 aliphatic heterocycles. The van der Waals surface area contributed by atoms with Crippen molar-refractivity contribution in [1.29, 1.82) is 0 Å². The first-order valence-electron chi connectivity index (χ1n) is 14.6. The van der Waals surface area contributed by atoms with Gasteiger partial charge in [-0.3, -0.25) is 14.5 Å². The fourth-order valence-corrected chi connectivity index (χ4v) is 7.46. The van der Waals surface area contributed by atoms with Gasteiger partial charge in [0.05, 0.1) is 35.9 Å². The van der Waals surface area contributed by atoms with Crippen molar-refractivity contribution in [3.05, 3.63) is 67.8 Å². The molecular formula is C31H38FN5O7S. The predicted molar refractivity (Wildman–Crippen MR) is 167 cm³/mol. The van der Waals surface area contributed by atoms with Crippen LogP contribution in [0.2, 0.25) is 0 Å². The van der Waals surface area contributed by atoms with Crippen molar-refractivity contribution < 1.29 is 31.6 Å². The number of ether oxygens (including phenoxy) is 1. The van der Waals surface area contributed by atoms with E-state index in [1.807, 2.05) is 13.8 Å². The van der Waals surface area contributed by atoms with Gasteiger partial charge in [-0.1, -0.05) is 0 Å². The van der Waals surface area contributed by atoms with Crippen LogP contribution in [0.15, 0.2) is 32.3 Å². The number of piperazine rings is 1. The van der Waals surface area contributed by atoms with E-state index in [0.29, 0.717) is 18.6 Å². The van der Waals surface area contributed by atoms with Gasteiger partial charge in [-0.25, -0.2) is 21.9 Å². The van der Waals surface area contributed by atoms with E-state index < -0.39 is 49.3 Å². The van der Waals surface area contributed by atoms with Gasteiger partial charge in [0.1, 0.15) is 10.5 Å². The minimum Gasteiger partial charge on any atom is -0.422 e. The van der Waals surface area contributed by atoms with Crippen LogP contribution < -0.4 is 16.3 Å². The Kier molecular flexibility index (Phi) is 8.79. The summed E-state index contributed by atoms with van der Waals surface area (Å²) in [5.74, 6) is -3.36. The highest BCUT2D eigenvalue weighted by Crippen LogP contribution is 2.36. The SMILES string of the molecule is COCC1CN(c2cc(C)c3c4c(c(=O)oc3c2C)CN(C(=O)c2ccc(C(N)=O)c(S(=O)(=O)N(C)C)c2F)CC4)CCN1C. The van der Waals surface area contributed by atoms with E-state index in [2.05, 4.69) is 22.9 Å².